The van der Waals surface area contributed by atoms with E-state index < -0.39 is 33.3 Å². The molecular formula is C25H24ClFN4O6S. The van der Waals surface area contributed by atoms with Crippen LogP contribution in [0.3, 0.4) is 0 Å². The number of carbonyl (C=O) groups is 1. The van der Waals surface area contributed by atoms with Crippen LogP contribution in [0.1, 0.15) is 19.4 Å². The number of hydrogen-bond donors (Lipinski definition) is 2. The van der Waals surface area contributed by atoms with Gasteiger partial charge >= 0.3 is 5.97 Å². The topological polar surface area (TPSA) is 140 Å². The van der Waals surface area contributed by atoms with Crippen molar-refractivity contribution in [2.45, 2.75) is 25.3 Å². The summed E-state index contributed by atoms with van der Waals surface area (Å²) in [6.45, 7) is 6.49. The molecule has 1 heterocycles. The number of nitrogens with one attached hydrogen (secondary N) is 1. The first-order valence-corrected chi connectivity index (χ1v) is 12.9. The Kier molecular flexibility index (Phi) is 8.69. The first-order valence-electron chi connectivity index (χ1n) is 11.0. The van der Waals surface area contributed by atoms with Crippen LogP contribution < -0.4 is 10.3 Å². The summed E-state index contributed by atoms with van der Waals surface area (Å²) in [5.74, 6) is -2.70. The summed E-state index contributed by atoms with van der Waals surface area (Å²) in [5.41, 5.74) is 0.918. The van der Waals surface area contributed by atoms with Gasteiger partial charge in [0.05, 0.1) is 35.3 Å². The van der Waals surface area contributed by atoms with Crippen molar-refractivity contribution in [3.05, 3.63) is 87.1 Å². The van der Waals surface area contributed by atoms with E-state index >= 15 is 0 Å². The Balaban J connectivity index is 2.07. The van der Waals surface area contributed by atoms with E-state index in [9.17, 15) is 27.5 Å². The average Bonchev–Trinajstić information content (AvgIpc) is 2.85. The number of sulfonamides is 1. The first kappa shape index (κ1) is 28.5. The Morgan fingerprint density at radius 3 is 2.66 bits per heavy atom. The minimum absolute atomic E-state index is 0.0566. The molecule has 0 amide bonds. The fourth-order valence-corrected chi connectivity index (χ4v) is 5.08. The van der Waals surface area contributed by atoms with Gasteiger partial charge in [-0.2, -0.15) is 0 Å². The molecular weight excluding hydrogens is 539 g/mol. The zero-order chi connectivity index (χ0) is 28.2. The highest BCUT2D eigenvalue weighted by Crippen LogP contribution is 2.25. The van der Waals surface area contributed by atoms with Crippen LogP contribution in [0.25, 0.3) is 16.5 Å². The van der Waals surface area contributed by atoms with Crippen LogP contribution in [0.4, 0.5) is 4.39 Å². The molecule has 1 aromatic heterocycles. The Morgan fingerprint density at radius 2 is 2.05 bits per heavy atom. The lowest BCUT2D eigenvalue weighted by atomic mass is 10.0. The van der Waals surface area contributed by atoms with Gasteiger partial charge in [0.25, 0.3) is 15.6 Å². The SMILES string of the molecule is C=N/C(OC)=C(\C=C(/C)c1ccc2ncn(C[C@@H](C)C(=O)O)c(=O)c2c1)NS(=O)(=O)c1ccc(F)cc1Cl. The number of rotatable bonds is 10. The summed E-state index contributed by atoms with van der Waals surface area (Å²) >= 11 is 5.95. The molecule has 2 N–H and O–H groups in total. The van der Waals surface area contributed by atoms with Gasteiger partial charge in [-0.15, -0.1) is 0 Å². The minimum Gasteiger partial charge on any atom is -0.481 e. The van der Waals surface area contributed by atoms with Crippen molar-refractivity contribution >= 4 is 50.8 Å². The lowest BCUT2D eigenvalue weighted by Gasteiger charge is -2.14. The van der Waals surface area contributed by atoms with Gasteiger partial charge in [-0.05, 0) is 61.2 Å². The molecule has 13 heteroatoms. The second-order valence-corrected chi connectivity index (χ2v) is 10.3. The minimum atomic E-state index is -4.30. The maximum absolute atomic E-state index is 13.4. The van der Waals surface area contributed by atoms with Crippen molar-refractivity contribution in [2.75, 3.05) is 7.11 Å². The molecule has 0 spiro atoms. The number of nitrogens with zero attached hydrogens (tertiary/aromatic N) is 3. The number of carboxylic acid groups (broad SMARTS) is 1. The number of aromatic nitrogens is 2. The molecule has 1 atom stereocenters. The molecule has 3 aromatic rings. The van der Waals surface area contributed by atoms with Gasteiger partial charge < -0.3 is 9.84 Å². The second kappa shape index (κ2) is 11.6. The Morgan fingerprint density at radius 1 is 1.34 bits per heavy atom. The van der Waals surface area contributed by atoms with Crippen LogP contribution in [0, 0.1) is 11.7 Å². The van der Waals surface area contributed by atoms with Crippen LogP contribution in [-0.2, 0) is 26.1 Å². The van der Waals surface area contributed by atoms with E-state index in [1.807, 2.05) is 0 Å². The predicted molar refractivity (Wildman–Crippen MR) is 142 cm³/mol. The number of carboxylic acids is 1. The first-order chi connectivity index (χ1) is 17.9. The lowest BCUT2D eigenvalue weighted by molar-refractivity contribution is -0.141. The van der Waals surface area contributed by atoms with Crippen molar-refractivity contribution in [1.29, 1.82) is 0 Å². The van der Waals surface area contributed by atoms with E-state index in [-0.39, 0.29) is 33.4 Å². The molecule has 200 valence electrons. The standard InChI is InChI=1S/C25H24ClFN4O6S/c1-14(16-5-7-20-18(10-16)24(32)31(13-29-20)12-15(2)25(33)34)9-21(23(28-3)37-4)30-38(35,36)22-8-6-17(27)11-19(22)26/h5-11,13,15,30H,3,12H2,1-2,4H3,(H,33,34)/b14-9+,23-21-/t15-/m1/s1. The molecule has 38 heavy (non-hydrogen) atoms. The van der Waals surface area contributed by atoms with Crippen molar-refractivity contribution in [2.24, 2.45) is 10.9 Å². The second-order valence-electron chi connectivity index (χ2n) is 8.26. The van der Waals surface area contributed by atoms with E-state index in [0.29, 0.717) is 16.7 Å². The monoisotopic (exact) mass is 562 g/mol. The molecule has 3 rings (SSSR count). The predicted octanol–water partition coefficient (Wildman–Crippen LogP) is 3.81. The van der Waals surface area contributed by atoms with Crippen molar-refractivity contribution in [3.63, 3.8) is 0 Å². The van der Waals surface area contributed by atoms with E-state index in [1.165, 1.54) is 31.0 Å². The van der Waals surface area contributed by atoms with E-state index in [2.05, 4.69) is 21.4 Å². The Bertz CT molecular complexity index is 1650. The number of allylic oxidation sites excluding steroid dienone is 2. The number of fused-ring (bicyclic) bond motifs is 1. The number of halogens is 2. The smallest absolute Gasteiger partial charge is 0.308 e. The molecule has 0 aliphatic carbocycles. The normalized spacial score (nSPS) is 13.6. The summed E-state index contributed by atoms with van der Waals surface area (Å²) < 4.78 is 48.2. The molecule has 0 aliphatic rings. The number of aliphatic carboxylic acids is 1. The van der Waals surface area contributed by atoms with Crippen LogP contribution >= 0.6 is 11.6 Å². The molecule has 10 nitrogen and oxygen atoms in total. The van der Waals surface area contributed by atoms with Gasteiger partial charge in [0.2, 0.25) is 5.88 Å². The van der Waals surface area contributed by atoms with Crippen molar-refractivity contribution in [1.82, 2.24) is 14.3 Å². The van der Waals surface area contributed by atoms with Crippen molar-refractivity contribution in [3.8, 4) is 0 Å². The van der Waals surface area contributed by atoms with Crippen LogP contribution in [0.15, 0.2) is 75.1 Å². The molecule has 0 bridgehead atoms. The molecule has 2 aromatic carbocycles. The quantitative estimate of drug-likeness (QED) is 0.217. The fourth-order valence-electron chi connectivity index (χ4n) is 3.49. The van der Waals surface area contributed by atoms with Gasteiger partial charge in [0.15, 0.2) is 0 Å². The van der Waals surface area contributed by atoms with Crippen LogP contribution in [0.5, 0.6) is 0 Å². The number of hydrogen-bond acceptors (Lipinski definition) is 7. The van der Waals surface area contributed by atoms with Gasteiger partial charge in [-0.1, -0.05) is 24.6 Å². The van der Waals surface area contributed by atoms with Crippen molar-refractivity contribution < 1.29 is 27.4 Å². The molecule has 0 saturated heterocycles. The summed E-state index contributed by atoms with van der Waals surface area (Å²) in [6.07, 6.45) is 2.72. The number of ether oxygens (including phenoxy) is 1. The van der Waals surface area contributed by atoms with Crippen LogP contribution in [0.2, 0.25) is 5.02 Å². The Labute approximate surface area is 222 Å². The van der Waals surface area contributed by atoms with Crippen LogP contribution in [-0.4, -0.2) is 42.9 Å². The molecule has 0 fully saturated rings. The number of methoxy groups -OCH3 is 1. The maximum atomic E-state index is 13.4. The summed E-state index contributed by atoms with van der Waals surface area (Å²) in [7, 11) is -3.02. The average molecular weight is 563 g/mol. The molecule has 0 saturated carbocycles. The number of benzene rings is 2. The van der Waals surface area contributed by atoms with Gasteiger partial charge in [0.1, 0.15) is 16.4 Å². The third kappa shape index (κ3) is 6.26. The molecule has 0 radical (unpaired) electrons. The van der Waals surface area contributed by atoms with E-state index in [0.717, 1.165) is 18.2 Å². The zero-order valence-corrected chi connectivity index (χ0v) is 22.2. The largest absolute Gasteiger partial charge is 0.481 e. The summed E-state index contributed by atoms with van der Waals surface area (Å²) in [5, 5.41) is 9.09. The zero-order valence-electron chi connectivity index (χ0n) is 20.6. The van der Waals surface area contributed by atoms with Gasteiger partial charge in [-0.3, -0.25) is 18.9 Å². The highest BCUT2D eigenvalue weighted by atomic mass is 35.5. The lowest BCUT2D eigenvalue weighted by Crippen LogP contribution is -2.26. The molecule has 0 aliphatic heterocycles. The molecule has 0 unspecified atom stereocenters. The fraction of sp³-hybridized carbons (Fsp3) is 0.200. The number of aliphatic imine (C=N–C) groups is 1. The van der Waals surface area contributed by atoms with E-state index in [4.69, 9.17) is 16.3 Å². The highest BCUT2D eigenvalue weighted by molar-refractivity contribution is 7.89. The van der Waals surface area contributed by atoms with Gasteiger partial charge in [0, 0.05) is 6.54 Å². The third-order valence-electron chi connectivity index (χ3n) is 5.53. The summed E-state index contributed by atoms with van der Waals surface area (Å²) in [4.78, 5) is 31.8. The third-order valence-corrected chi connectivity index (χ3v) is 7.38. The highest BCUT2D eigenvalue weighted by Gasteiger charge is 2.21. The van der Waals surface area contributed by atoms with E-state index in [1.54, 1.807) is 25.1 Å². The van der Waals surface area contributed by atoms with Gasteiger partial charge in [-0.25, -0.2) is 22.8 Å². The Hall–Kier alpha value is -4.03. The maximum Gasteiger partial charge on any atom is 0.308 e. The summed E-state index contributed by atoms with van der Waals surface area (Å²) in [6, 6.07) is 7.71.